The number of benzene rings is 1. The van der Waals surface area contributed by atoms with E-state index in [1.54, 1.807) is 12.1 Å². The smallest absolute Gasteiger partial charge is 0.416 e. The van der Waals surface area contributed by atoms with E-state index in [0.717, 1.165) is 36.4 Å². The number of ether oxygens (including phenoxy) is 1. The lowest BCUT2D eigenvalue weighted by Crippen LogP contribution is -2.32. The van der Waals surface area contributed by atoms with Gasteiger partial charge in [0.25, 0.3) is 5.19 Å². The molecule has 0 amide bonds. The molecule has 1 aromatic carbocycles. The number of alkyl halides is 3. The molecule has 0 aliphatic carbocycles. The van der Waals surface area contributed by atoms with Gasteiger partial charge in [-0.25, -0.2) is 0 Å². The molecule has 4 nitrogen and oxygen atoms in total. The van der Waals surface area contributed by atoms with Crippen LogP contribution in [-0.4, -0.2) is 28.2 Å². The molecule has 1 saturated heterocycles. The molecule has 0 bridgehead atoms. The second-order valence-corrected chi connectivity index (χ2v) is 7.02. The summed E-state index contributed by atoms with van der Waals surface area (Å²) in [5.74, 6) is 0. The van der Waals surface area contributed by atoms with Gasteiger partial charge in [-0.05, 0) is 44.0 Å². The second kappa shape index (κ2) is 7.70. The van der Waals surface area contributed by atoms with Gasteiger partial charge in [-0.1, -0.05) is 29.9 Å². The number of hydrogen-bond donors (Lipinski definition) is 0. The summed E-state index contributed by atoms with van der Waals surface area (Å²) >= 11 is 1.42. The van der Waals surface area contributed by atoms with Crippen LogP contribution in [0.2, 0.25) is 0 Å². The highest BCUT2D eigenvalue weighted by Gasteiger charge is 2.31. The Balaban J connectivity index is 1.74. The maximum atomic E-state index is 12.8. The van der Waals surface area contributed by atoms with Gasteiger partial charge in [0.05, 0.1) is 18.7 Å². The van der Waals surface area contributed by atoms with Crippen LogP contribution in [0.3, 0.4) is 0 Å². The van der Waals surface area contributed by atoms with Crippen LogP contribution < -0.4 is 4.74 Å². The largest absolute Gasteiger partial charge is 0.469 e. The van der Waals surface area contributed by atoms with Crippen molar-refractivity contribution in [1.82, 2.24) is 15.1 Å². The summed E-state index contributed by atoms with van der Waals surface area (Å²) in [5.41, 5.74) is 0.311. The van der Waals surface area contributed by atoms with Crippen LogP contribution in [-0.2, 0) is 12.7 Å². The van der Waals surface area contributed by atoms with Crippen LogP contribution in [0.5, 0.6) is 5.19 Å². The second-order valence-electron chi connectivity index (χ2n) is 6.00. The summed E-state index contributed by atoms with van der Waals surface area (Å²) in [6.07, 6.45) is -1.22. The van der Waals surface area contributed by atoms with Crippen LogP contribution in [0.1, 0.15) is 48.4 Å². The van der Waals surface area contributed by atoms with E-state index >= 15 is 0 Å². The molecule has 2 heterocycles. The molecule has 1 aliphatic rings. The topological polar surface area (TPSA) is 38.3 Å². The quantitative estimate of drug-likeness (QED) is 0.765. The van der Waals surface area contributed by atoms with Gasteiger partial charge in [0.1, 0.15) is 5.01 Å². The third-order valence-electron chi connectivity index (χ3n) is 4.29. The van der Waals surface area contributed by atoms with Gasteiger partial charge in [-0.2, -0.15) is 13.2 Å². The molecule has 0 spiro atoms. The Morgan fingerprint density at radius 2 is 1.96 bits per heavy atom. The van der Waals surface area contributed by atoms with Crippen molar-refractivity contribution in [3.05, 3.63) is 40.4 Å². The van der Waals surface area contributed by atoms with Gasteiger partial charge < -0.3 is 4.74 Å². The van der Waals surface area contributed by atoms with Crippen LogP contribution in [0.25, 0.3) is 0 Å². The minimum Gasteiger partial charge on any atom is -0.469 e. The summed E-state index contributed by atoms with van der Waals surface area (Å²) in [4.78, 5) is 2.27. The molecule has 0 radical (unpaired) electrons. The molecule has 1 aliphatic heterocycles. The number of hydrogen-bond acceptors (Lipinski definition) is 5. The minimum atomic E-state index is -4.30. The van der Waals surface area contributed by atoms with Gasteiger partial charge >= 0.3 is 6.18 Å². The SMILES string of the molecule is CCOc1nnc(CN2CCCCC2c2ccc(C(F)(F)F)cc2)s1. The molecule has 1 fully saturated rings. The summed E-state index contributed by atoms with van der Waals surface area (Å²) in [5, 5.41) is 9.58. The predicted molar refractivity (Wildman–Crippen MR) is 89.5 cm³/mol. The van der Waals surface area contributed by atoms with E-state index in [4.69, 9.17) is 4.74 Å². The lowest BCUT2D eigenvalue weighted by molar-refractivity contribution is -0.137. The molecule has 0 saturated carbocycles. The Bertz CT molecular complexity index is 687. The Kier molecular flexibility index (Phi) is 5.58. The average Bonchev–Trinajstić information content (AvgIpc) is 3.02. The van der Waals surface area contributed by atoms with Gasteiger partial charge in [-0.15, -0.1) is 10.2 Å². The number of piperidine rings is 1. The predicted octanol–water partition coefficient (Wildman–Crippen LogP) is 4.68. The van der Waals surface area contributed by atoms with Crippen molar-refractivity contribution in [2.75, 3.05) is 13.2 Å². The maximum absolute atomic E-state index is 12.8. The third kappa shape index (κ3) is 4.49. The van der Waals surface area contributed by atoms with Crippen molar-refractivity contribution >= 4 is 11.3 Å². The highest BCUT2D eigenvalue weighted by molar-refractivity contribution is 7.13. The Hall–Kier alpha value is -1.67. The average molecular weight is 371 g/mol. The molecule has 25 heavy (non-hydrogen) atoms. The van der Waals surface area contributed by atoms with Gasteiger partial charge in [0, 0.05) is 6.04 Å². The molecule has 1 unspecified atom stereocenters. The lowest BCUT2D eigenvalue weighted by Gasteiger charge is -2.35. The van der Waals surface area contributed by atoms with Crippen LogP contribution in [0.4, 0.5) is 13.2 Å². The van der Waals surface area contributed by atoms with E-state index in [2.05, 4.69) is 15.1 Å². The molecule has 3 rings (SSSR count). The zero-order chi connectivity index (χ0) is 17.9. The maximum Gasteiger partial charge on any atom is 0.416 e. The molecule has 8 heteroatoms. The van der Waals surface area contributed by atoms with Crippen molar-refractivity contribution in [2.45, 2.75) is 44.9 Å². The number of likely N-dealkylation sites (tertiary alicyclic amines) is 1. The summed E-state index contributed by atoms with van der Waals surface area (Å²) in [6, 6.07) is 5.63. The Morgan fingerprint density at radius 1 is 1.20 bits per heavy atom. The number of halogens is 3. The van der Waals surface area contributed by atoms with E-state index < -0.39 is 11.7 Å². The molecule has 0 N–H and O–H groups in total. The first-order valence-electron chi connectivity index (χ1n) is 8.33. The Morgan fingerprint density at radius 3 is 2.64 bits per heavy atom. The molecule has 1 aromatic heterocycles. The normalized spacial score (nSPS) is 19.1. The van der Waals surface area contributed by atoms with Crippen molar-refractivity contribution in [1.29, 1.82) is 0 Å². The number of rotatable bonds is 5. The standard InChI is InChI=1S/C17H20F3N3OS/c1-2-24-16-22-21-15(25-16)11-23-10-4-3-5-14(23)12-6-8-13(9-7-12)17(18,19)20/h6-9,14H,2-5,10-11H2,1H3. The van der Waals surface area contributed by atoms with E-state index in [9.17, 15) is 13.2 Å². The molecule has 2 aromatic rings. The molecular formula is C17H20F3N3OS. The fourth-order valence-corrected chi connectivity index (χ4v) is 3.88. The van der Waals surface area contributed by atoms with Crippen LogP contribution >= 0.6 is 11.3 Å². The number of aromatic nitrogens is 2. The van der Waals surface area contributed by atoms with E-state index in [1.165, 1.54) is 23.5 Å². The van der Waals surface area contributed by atoms with Crippen molar-refractivity contribution < 1.29 is 17.9 Å². The monoisotopic (exact) mass is 371 g/mol. The molecule has 1 atom stereocenters. The minimum absolute atomic E-state index is 0.107. The summed E-state index contributed by atoms with van der Waals surface area (Å²) in [6.45, 7) is 3.98. The molecular weight excluding hydrogens is 351 g/mol. The van der Waals surface area contributed by atoms with Crippen LogP contribution in [0.15, 0.2) is 24.3 Å². The summed E-state index contributed by atoms with van der Waals surface area (Å²) in [7, 11) is 0. The highest BCUT2D eigenvalue weighted by Crippen LogP contribution is 2.35. The third-order valence-corrected chi connectivity index (χ3v) is 5.11. The van der Waals surface area contributed by atoms with E-state index in [1.807, 2.05) is 6.92 Å². The fourth-order valence-electron chi connectivity index (χ4n) is 3.11. The molecule has 136 valence electrons. The number of nitrogens with zero attached hydrogens (tertiary/aromatic N) is 3. The summed E-state index contributed by atoms with van der Waals surface area (Å²) < 4.78 is 43.6. The van der Waals surface area contributed by atoms with Gasteiger partial charge in [0.15, 0.2) is 0 Å². The zero-order valence-electron chi connectivity index (χ0n) is 13.9. The van der Waals surface area contributed by atoms with E-state index in [-0.39, 0.29) is 6.04 Å². The van der Waals surface area contributed by atoms with Gasteiger partial charge in [0.2, 0.25) is 0 Å². The first-order valence-corrected chi connectivity index (χ1v) is 9.15. The van der Waals surface area contributed by atoms with Crippen molar-refractivity contribution in [2.24, 2.45) is 0 Å². The van der Waals surface area contributed by atoms with Crippen molar-refractivity contribution in [3.8, 4) is 5.19 Å². The zero-order valence-corrected chi connectivity index (χ0v) is 14.7. The van der Waals surface area contributed by atoms with Crippen molar-refractivity contribution in [3.63, 3.8) is 0 Å². The van der Waals surface area contributed by atoms with Gasteiger partial charge in [-0.3, -0.25) is 4.90 Å². The Labute approximate surface area is 148 Å². The van der Waals surface area contributed by atoms with Crippen LogP contribution in [0, 0.1) is 0 Å². The van der Waals surface area contributed by atoms with E-state index in [0.29, 0.717) is 18.3 Å². The highest BCUT2D eigenvalue weighted by atomic mass is 32.1. The lowest BCUT2D eigenvalue weighted by atomic mass is 9.94. The first-order chi connectivity index (χ1) is 12.0. The first kappa shape index (κ1) is 18.1. The fraction of sp³-hybridized carbons (Fsp3) is 0.529.